The Morgan fingerprint density at radius 2 is 1.97 bits per heavy atom. The minimum Gasteiger partial charge on any atom is -0.393 e. The Labute approximate surface area is 207 Å². The number of aliphatic hydroxyl groups is 1. The maximum absolute atomic E-state index is 12.9. The third-order valence-electron chi connectivity index (χ3n) is 9.13. The van der Waals surface area contributed by atoms with Gasteiger partial charge in [0, 0.05) is 10.6 Å². The van der Waals surface area contributed by atoms with E-state index >= 15 is 0 Å². The summed E-state index contributed by atoms with van der Waals surface area (Å²) in [5.74, 6) is 2.39. The minimum atomic E-state index is -2.69. The molecule has 3 aliphatic rings. The first-order valence-electron chi connectivity index (χ1n) is 13.3. The first-order chi connectivity index (χ1) is 16.2. The van der Waals surface area contributed by atoms with Gasteiger partial charge in [-0.15, -0.1) is 0 Å². The molecule has 4 heteroatoms. The molecule has 3 fully saturated rings. The van der Waals surface area contributed by atoms with Crippen LogP contribution in [-0.2, 0) is 9.73 Å². The first kappa shape index (κ1) is 25.4. The average Bonchev–Trinajstić information content (AvgIpc) is 3.17. The van der Waals surface area contributed by atoms with Gasteiger partial charge in [-0.25, -0.2) is 8.99 Å². The molecule has 0 saturated heterocycles. The molecule has 0 bridgehead atoms. The van der Waals surface area contributed by atoms with Crippen LogP contribution in [0.5, 0.6) is 0 Å². The lowest BCUT2D eigenvalue weighted by Crippen LogP contribution is -2.36. The van der Waals surface area contributed by atoms with Crippen molar-refractivity contribution < 1.29 is 9.32 Å². The molecule has 0 aromatic heterocycles. The van der Waals surface area contributed by atoms with Gasteiger partial charge in [0.1, 0.15) is 0 Å². The van der Waals surface area contributed by atoms with Crippen molar-refractivity contribution in [2.45, 2.75) is 89.1 Å². The zero-order valence-electron chi connectivity index (χ0n) is 21.1. The van der Waals surface area contributed by atoms with Crippen molar-refractivity contribution in [1.82, 2.24) is 0 Å². The second-order valence-corrected chi connectivity index (χ2v) is 13.6. The number of rotatable bonds is 7. The highest BCUT2D eigenvalue weighted by Gasteiger charge is 2.50. The highest BCUT2D eigenvalue weighted by atomic mass is 32.2. The molecule has 4 rings (SSSR count). The number of fused-ring (bicyclic) bond motifs is 1. The molecule has 0 spiro atoms. The van der Waals surface area contributed by atoms with Crippen LogP contribution in [0.25, 0.3) is 0 Å². The molecule has 34 heavy (non-hydrogen) atoms. The molecule has 2 N–H and O–H groups in total. The molecule has 1 aromatic rings. The van der Waals surface area contributed by atoms with Gasteiger partial charge in [0.2, 0.25) is 0 Å². The van der Waals surface area contributed by atoms with Gasteiger partial charge in [-0.3, -0.25) is 0 Å². The molecule has 2 unspecified atom stereocenters. The summed E-state index contributed by atoms with van der Waals surface area (Å²) in [4.78, 5) is 0.667. The van der Waals surface area contributed by atoms with Gasteiger partial charge < -0.3 is 5.11 Å². The lowest BCUT2D eigenvalue weighted by atomic mass is 9.61. The molecule has 1 aromatic carbocycles. The van der Waals surface area contributed by atoms with Crippen molar-refractivity contribution in [1.29, 1.82) is 4.78 Å². The Morgan fingerprint density at radius 3 is 2.74 bits per heavy atom. The topological polar surface area (TPSA) is 61.1 Å². The second-order valence-electron chi connectivity index (χ2n) is 11.3. The number of hydrogen-bond acceptors (Lipinski definition) is 3. The number of nitrogens with one attached hydrogen (secondary N) is 1. The number of aliphatic hydroxyl groups excluding tert-OH is 1. The maximum atomic E-state index is 12.9. The largest absolute Gasteiger partial charge is 0.393 e. The van der Waals surface area contributed by atoms with E-state index in [-0.39, 0.29) is 6.10 Å². The van der Waals surface area contributed by atoms with E-state index in [1.165, 1.54) is 43.3 Å². The molecule has 186 valence electrons. The molecule has 0 radical (unpaired) electrons. The fourth-order valence-corrected chi connectivity index (χ4v) is 8.58. The summed E-state index contributed by atoms with van der Waals surface area (Å²) < 4.78 is 21.3. The number of hydrogen-bond donors (Lipinski definition) is 2. The van der Waals surface area contributed by atoms with Crippen LogP contribution < -0.4 is 0 Å². The fourth-order valence-electron chi connectivity index (χ4n) is 7.18. The summed E-state index contributed by atoms with van der Waals surface area (Å²) in [6, 6.07) is 9.33. The maximum Gasteiger partial charge on any atom is 0.0726 e. The molecule has 3 saturated carbocycles. The van der Waals surface area contributed by atoms with E-state index in [0.29, 0.717) is 33.8 Å². The summed E-state index contributed by atoms with van der Waals surface area (Å²) in [6.45, 7) is 9.14. The molecule has 3 aliphatic carbocycles. The zero-order chi connectivity index (χ0) is 24.3. The molecule has 0 amide bonds. The van der Waals surface area contributed by atoms with E-state index in [4.69, 9.17) is 4.78 Å². The van der Waals surface area contributed by atoms with Crippen LogP contribution in [0.3, 0.4) is 0 Å². The van der Waals surface area contributed by atoms with Crippen molar-refractivity contribution in [3.63, 3.8) is 0 Å². The summed E-state index contributed by atoms with van der Waals surface area (Å²) in [7, 11) is -2.69. The third kappa shape index (κ3) is 5.44. The Hall–Kier alpha value is -1.65. The van der Waals surface area contributed by atoms with E-state index < -0.39 is 9.73 Å². The summed E-state index contributed by atoms with van der Waals surface area (Å²) in [5, 5.41) is 10.1. The molecular formula is C30H43NO2S. The van der Waals surface area contributed by atoms with Crippen molar-refractivity contribution in [2.75, 3.05) is 5.75 Å². The molecule has 0 aliphatic heterocycles. The van der Waals surface area contributed by atoms with E-state index in [2.05, 4.69) is 32.6 Å². The van der Waals surface area contributed by atoms with Crippen LogP contribution in [-0.4, -0.2) is 21.2 Å². The summed E-state index contributed by atoms with van der Waals surface area (Å²) in [6.07, 6.45) is 15.1. The van der Waals surface area contributed by atoms with Gasteiger partial charge >= 0.3 is 0 Å². The number of allylic oxidation sites excluding steroid dienone is 4. The zero-order valence-corrected chi connectivity index (χ0v) is 21.9. The van der Waals surface area contributed by atoms with Gasteiger partial charge in [0.05, 0.1) is 15.8 Å². The number of benzene rings is 1. The van der Waals surface area contributed by atoms with Crippen molar-refractivity contribution in [3.8, 4) is 0 Å². The first-order valence-corrected chi connectivity index (χ1v) is 15.0. The van der Waals surface area contributed by atoms with Crippen LogP contribution in [0, 0.1) is 27.9 Å². The SMILES string of the molecule is C=C1CC[C@H](O)C/C1=C/C=C1\CCC[C@]2(C)C([C@@H](C)CCCS(=N)(=O)c3ccccc3)CC[C@@H]12. The van der Waals surface area contributed by atoms with E-state index in [9.17, 15) is 9.32 Å². The van der Waals surface area contributed by atoms with Gasteiger partial charge in [0.25, 0.3) is 0 Å². The minimum absolute atomic E-state index is 0.219. The third-order valence-corrected chi connectivity index (χ3v) is 11.0. The molecule has 6 atom stereocenters. The molecular weight excluding hydrogens is 438 g/mol. The van der Waals surface area contributed by atoms with Gasteiger partial charge in [0.15, 0.2) is 0 Å². The van der Waals surface area contributed by atoms with Gasteiger partial charge in [-0.05, 0) is 105 Å². The smallest absolute Gasteiger partial charge is 0.0726 e. The standard InChI is InChI=1S/C30H43NO2S/c1-22-13-16-26(32)21-25(22)15-14-24-10-7-19-30(3)28(17-18-29(24)30)23(2)9-8-20-34(31,33)27-11-5-4-6-12-27/h4-6,11-12,14-15,23,26,28-29,31-32H,1,7-10,13,16-21H2,2-3H3/b24-14+,25-15-/t23-,26-,28?,29-,30+,34?/m0/s1. The Bertz CT molecular complexity index is 1040. The highest BCUT2D eigenvalue weighted by molar-refractivity contribution is 7.92. The average molecular weight is 482 g/mol. The Kier molecular flexibility index (Phi) is 7.89. The van der Waals surface area contributed by atoms with Crippen LogP contribution in [0.15, 0.2) is 70.7 Å². The van der Waals surface area contributed by atoms with Crippen molar-refractivity contribution in [3.05, 3.63) is 65.8 Å². The van der Waals surface area contributed by atoms with Crippen molar-refractivity contribution in [2.24, 2.45) is 23.2 Å². The highest BCUT2D eigenvalue weighted by Crippen LogP contribution is 2.59. The monoisotopic (exact) mass is 481 g/mol. The van der Waals surface area contributed by atoms with E-state index in [1.54, 1.807) is 5.57 Å². The van der Waals surface area contributed by atoms with E-state index in [0.717, 1.165) is 32.1 Å². The van der Waals surface area contributed by atoms with Crippen molar-refractivity contribution >= 4 is 9.73 Å². The summed E-state index contributed by atoms with van der Waals surface area (Å²) in [5.41, 5.74) is 4.37. The molecule has 3 nitrogen and oxygen atoms in total. The normalized spacial score (nSPS) is 34.7. The second kappa shape index (κ2) is 10.5. The van der Waals surface area contributed by atoms with Crippen LogP contribution in [0.1, 0.15) is 78.1 Å². The Balaban J connectivity index is 1.40. The fraction of sp³-hybridized carbons (Fsp3) is 0.600. The predicted molar refractivity (Wildman–Crippen MR) is 142 cm³/mol. The van der Waals surface area contributed by atoms with Gasteiger partial charge in [-0.1, -0.05) is 61.9 Å². The Morgan fingerprint density at radius 1 is 1.21 bits per heavy atom. The van der Waals surface area contributed by atoms with Crippen LogP contribution in [0.4, 0.5) is 0 Å². The van der Waals surface area contributed by atoms with E-state index in [1.807, 2.05) is 30.3 Å². The summed E-state index contributed by atoms with van der Waals surface area (Å²) >= 11 is 0. The van der Waals surface area contributed by atoms with Crippen LogP contribution in [0.2, 0.25) is 0 Å². The lowest BCUT2D eigenvalue weighted by molar-refractivity contribution is 0.0941. The quantitative estimate of drug-likeness (QED) is 0.419. The molecule has 0 heterocycles. The van der Waals surface area contributed by atoms with Crippen LogP contribution >= 0.6 is 0 Å². The van der Waals surface area contributed by atoms with Gasteiger partial charge in [-0.2, -0.15) is 0 Å². The lowest BCUT2D eigenvalue weighted by Gasteiger charge is -2.44. The predicted octanol–water partition coefficient (Wildman–Crippen LogP) is 7.68.